The van der Waals surface area contributed by atoms with E-state index in [0.717, 1.165) is 5.56 Å². The maximum absolute atomic E-state index is 11.8. The quantitative estimate of drug-likeness (QED) is 0.880. The van der Waals surface area contributed by atoms with Crippen molar-refractivity contribution in [3.05, 3.63) is 23.8 Å². The number of amides is 2. The summed E-state index contributed by atoms with van der Waals surface area (Å²) in [6, 6.07) is 5.42. The van der Waals surface area contributed by atoms with Gasteiger partial charge in [-0.15, -0.1) is 0 Å². The molecule has 1 atom stereocenters. The maximum Gasteiger partial charge on any atom is 0.265 e. The third-order valence-corrected chi connectivity index (χ3v) is 3.05. The first-order valence-corrected chi connectivity index (χ1v) is 6.83. The lowest BCUT2D eigenvalue weighted by Crippen LogP contribution is -2.34. The van der Waals surface area contributed by atoms with Crippen molar-refractivity contribution < 1.29 is 14.3 Å². The van der Waals surface area contributed by atoms with Crippen LogP contribution in [0.2, 0.25) is 0 Å². The summed E-state index contributed by atoms with van der Waals surface area (Å²) in [7, 11) is 0. The van der Waals surface area contributed by atoms with E-state index in [1.807, 2.05) is 19.9 Å². The maximum atomic E-state index is 11.8. The van der Waals surface area contributed by atoms with E-state index in [0.29, 0.717) is 30.3 Å². The van der Waals surface area contributed by atoms with Gasteiger partial charge in [-0.25, -0.2) is 0 Å². The minimum absolute atomic E-state index is 0.0185. The average molecular weight is 276 g/mol. The summed E-state index contributed by atoms with van der Waals surface area (Å²) in [5.41, 5.74) is 1.48. The number of fused-ring (bicyclic) bond motifs is 1. The highest BCUT2D eigenvalue weighted by atomic mass is 16.5. The first-order chi connectivity index (χ1) is 9.45. The van der Waals surface area contributed by atoms with Gasteiger partial charge in [0.25, 0.3) is 5.91 Å². The molecule has 1 unspecified atom stereocenters. The third kappa shape index (κ3) is 3.50. The van der Waals surface area contributed by atoms with Crippen molar-refractivity contribution in [1.29, 1.82) is 0 Å². The molecule has 1 heterocycles. The zero-order chi connectivity index (χ0) is 14.7. The average Bonchev–Trinajstić information content (AvgIpc) is 2.38. The molecule has 1 aromatic rings. The molecule has 0 bridgehead atoms. The van der Waals surface area contributed by atoms with Gasteiger partial charge in [-0.05, 0) is 30.5 Å². The fourth-order valence-electron chi connectivity index (χ4n) is 1.93. The minimum atomic E-state index is -0.484. The zero-order valence-electron chi connectivity index (χ0n) is 12.0. The monoisotopic (exact) mass is 276 g/mol. The highest BCUT2D eigenvalue weighted by Gasteiger charge is 2.23. The molecular formula is C15H20N2O3. The molecule has 0 radical (unpaired) electrons. The predicted octanol–water partition coefficient (Wildman–Crippen LogP) is 1.72. The van der Waals surface area contributed by atoms with Gasteiger partial charge in [-0.3, -0.25) is 9.59 Å². The van der Waals surface area contributed by atoms with Crippen molar-refractivity contribution in [3.63, 3.8) is 0 Å². The smallest absolute Gasteiger partial charge is 0.265 e. The summed E-state index contributed by atoms with van der Waals surface area (Å²) in [5, 5.41) is 5.65. The molecule has 0 saturated heterocycles. The molecule has 1 aromatic carbocycles. The largest absolute Gasteiger partial charge is 0.479 e. The molecule has 0 aliphatic carbocycles. The molecule has 5 heteroatoms. The van der Waals surface area contributed by atoms with E-state index in [2.05, 4.69) is 10.6 Å². The van der Waals surface area contributed by atoms with E-state index < -0.39 is 6.10 Å². The topological polar surface area (TPSA) is 67.4 Å². The van der Waals surface area contributed by atoms with Crippen molar-refractivity contribution in [3.8, 4) is 5.75 Å². The first kappa shape index (κ1) is 14.4. The van der Waals surface area contributed by atoms with E-state index >= 15 is 0 Å². The molecule has 0 spiro atoms. The van der Waals surface area contributed by atoms with E-state index in [-0.39, 0.29) is 11.8 Å². The van der Waals surface area contributed by atoms with Crippen LogP contribution in [0.3, 0.4) is 0 Å². The summed E-state index contributed by atoms with van der Waals surface area (Å²) in [5.74, 6) is 0.883. The second kappa shape index (κ2) is 5.94. The Kier molecular flexibility index (Phi) is 4.27. The molecule has 1 aliphatic heterocycles. The summed E-state index contributed by atoms with van der Waals surface area (Å²) in [6.45, 7) is 6.47. The van der Waals surface area contributed by atoms with E-state index in [9.17, 15) is 9.59 Å². The van der Waals surface area contributed by atoms with E-state index in [4.69, 9.17) is 4.74 Å². The number of nitrogens with one attached hydrogen (secondary N) is 2. The van der Waals surface area contributed by atoms with Crippen LogP contribution in [0.1, 0.15) is 26.3 Å². The van der Waals surface area contributed by atoms with Crippen LogP contribution in [-0.4, -0.2) is 24.5 Å². The number of ether oxygens (including phenoxy) is 1. The Labute approximate surface area is 118 Å². The highest BCUT2D eigenvalue weighted by molar-refractivity contribution is 5.97. The molecule has 0 aromatic heterocycles. The van der Waals surface area contributed by atoms with E-state index in [1.165, 1.54) is 0 Å². The fraction of sp³-hybridized carbons (Fsp3) is 0.467. The van der Waals surface area contributed by atoms with Gasteiger partial charge in [0.2, 0.25) is 5.91 Å². The second-order valence-electron chi connectivity index (χ2n) is 5.45. The Morgan fingerprint density at radius 2 is 2.20 bits per heavy atom. The Morgan fingerprint density at radius 1 is 1.45 bits per heavy atom. The van der Waals surface area contributed by atoms with Gasteiger partial charge in [0.1, 0.15) is 5.75 Å². The Bertz CT molecular complexity index is 526. The third-order valence-electron chi connectivity index (χ3n) is 3.05. The lowest BCUT2D eigenvalue weighted by molar-refractivity contribution is -0.122. The van der Waals surface area contributed by atoms with Crippen LogP contribution in [0, 0.1) is 5.92 Å². The Hall–Kier alpha value is -2.04. The summed E-state index contributed by atoms with van der Waals surface area (Å²) in [4.78, 5) is 23.3. The Morgan fingerprint density at radius 3 is 2.90 bits per heavy atom. The highest BCUT2D eigenvalue weighted by Crippen LogP contribution is 2.30. The number of hydrogen-bond acceptors (Lipinski definition) is 3. The SMILES string of the molecule is CC(C)CNC(=O)Cc1ccc2c(c1)NC(=O)C(C)O2. The van der Waals surface area contributed by atoms with Crippen molar-refractivity contribution in [2.45, 2.75) is 33.3 Å². The predicted molar refractivity (Wildman–Crippen MR) is 76.7 cm³/mol. The molecule has 5 nitrogen and oxygen atoms in total. The van der Waals surface area contributed by atoms with Crippen molar-refractivity contribution >= 4 is 17.5 Å². The molecule has 20 heavy (non-hydrogen) atoms. The minimum Gasteiger partial charge on any atom is -0.479 e. The number of carbonyl (C=O) groups is 2. The molecule has 2 amide bonds. The molecular weight excluding hydrogens is 256 g/mol. The summed E-state index contributed by atoms with van der Waals surface area (Å²) >= 11 is 0. The zero-order valence-corrected chi connectivity index (χ0v) is 12.0. The van der Waals surface area contributed by atoms with Crippen LogP contribution in [0.15, 0.2) is 18.2 Å². The lowest BCUT2D eigenvalue weighted by Gasteiger charge is -2.23. The van der Waals surface area contributed by atoms with Crippen LogP contribution in [0.25, 0.3) is 0 Å². The van der Waals surface area contributed by atoms with Crippen LogP contribution >= 0.6 is 0 Å². The van der Waals surface area contributed by atoms with Gasteiger partial charge >= 0.3 is 0 Å². The standard InChI is InChI=1S/C15H20N2O3/c1-9(2)8-16-14(18)7-11-4-5-13-12(6-11)17-15(19)10(3)20-13/h4-6,9-10H,7-8H2,1-3H3,(H,16,18)(H,17,19). The van der Waals surface area contributed by atoms with Gasteiger partial charge in [0, 0.05) is 6.54 Å². The number of hydrogen-bond donors (Lipinski definition) is 2. The number of carbonyl (C=O) groups excluding carboxylic acids is 2. The molecule has 1 aliphatic rings. The van der Waals surface area contributed by atoms with Gasteiger partial charge in [0.15, 0.2) is 6.10 Å². The van der Waals surface area contributed by atoms with Crippen molar-refractivity contribution in [2.24, 2.45) is 5.92 Å². The van der Waals surface area contributed by atoms with Crippen LogP contribution < -0.4 is 15.4 Å². The van der Waals surface area contributed by atoms with Crippen LogP contribution in [0.4, 0.5) is 5.69 Å². The van der Waals surface area contributed by atoms with Gasteiger partial charge < -0.3 is 15.4 Å². The second-order valence-corrected chi connectivity index (χ2v) is 5.45. The van der Waals surface area contributed by atoms with E-state index in [1.54, 1.807) is 19.1 Å². The number of anilines is 1. The summed E-state index contributed by atoms with van der Waals surface area (Å²) in [6.07, 6.45) is -0.187. The van der Waals surface area contributed by atoms with Gasteiger partial charge in [-0.1, -0.05) is 19.9 Å². The van der Waals surface area contributed by atoms with Crippen molar-refractivity contribution in [2.75, 3.05) is 11.9 Å². The van der Waals surface area contributed by atoms with Crippen LogP contribution in [-0.2, 0) is 16.0 Å². The normalized spacial score (nSPS) is 17.2. The van der Waals surface area contributed by atoms with Gasteiger partial charge in [0.05, 0.1) is 12.1 Å². The fourth-order valence-corrected chi connectivity index (χ4v) is 1.93. The number of rotatable bonds is 4. The molecule has 0 fully saturated rings. The Balaban J connectivity index is 2.02. The molecule has 2 N–H and O–H groups in total. The molecule has 0 saturated carbocycles. The lowest BCUT2D eigenvalue weighted by atomic mass is 10.1. The number of benzene rings is 1. The molecule has 108 valence electrons. The van der Waals surface area contributed by atoms with Crippen molar-refractivity contribution in [1.82, 2.24) is 5.32 Å². The molecule has 2 rings (SSSR count). The van der Waals surface area contributed by atoms with Crippen LogP contribution in [0.5, 0.6) is 5.75 Å². The first-order valence-electron chi connectivity index (χ1n) is 6.83. The summed E-state index contributed by atoms with van der Waals surface area (Å²) < 4.78 is 5.47. The van der Waals surface area contributed by atoms with Gasteiger partial charge in [-0.2, -0.15) is 0 Å².